The number of para-hydroxylation sites is 2. The Bertz CT molecular complexity index is 953. The third-order valence-electron chi connectivity index (χ3n) is 5.20. The molecule has 2 aromatic carbocycles. The summed E-state index contributed by atoms with van der Waals surface area (Å²) in [4.78, 5) is 24.9. The molecule has 1 atom stereocenters. The fourth-order valence-corrected chi connectivity index (χ4v) is 3.68. The van der Waals surface area contributed by atoms with Crippen molar-refractivity contribution in [3.63, 3.8) is 0 Å². The van der Waals surface area contributed by atoms with Crippen molar-refractivity contribution in [3.8, 4) is 0 Å². The zero-order valence-electron chi connectivity index (χ0n) is 16.0. The van der Waals surface area contributed by atoms with Crippen molar-refractivity contribution in [2.75, 3.05) is 29.9 Å². The predicted octanol–water partition coefficient (Wildman–Crippen LogP) is 4.08. The number of nitrogens with one attached hydrogen (secondary N) is 2. The molecule has 1 aliphatic rings. The highest BCUT2D eigenvalue weighted by atomic mass is 19.1. The molecule has 0 spiro atoms. The fourth-order valence-electron chi connectivity index (χ4n) is 3.68. The number of aromatic amines is 1. The highest BCUT2D eigenvalue weighted by Gasteiger charge is 2.33. The Kier molecular flexibility index (Phi) is 4.90. The van der Waals surface area contributed by atoms with E-state index in [1.54, 1.807) is 12.1 Å². The van der Waals surface area contributed by atoms with Crippen LogP contribution in [0.2, 0.25) is 0 Å². The van der Waals surface area contributed by atoms with Crippen LogP contribution in [0.15, 0.2) is 48.5 Å². The molecule has 2 heterocycles. The monoisotopic (exact) mass is 381 g/mol. The van der Waals surface area contributed by atoms with Gasteiger partial charge in [0.05, 0.1) is 17.1 Å². The number of amides is 2. The second-order valence-electron chi connectivity index (χ2n) is 7.47. The standard InChI is InChI=1S/C21H24FN5O/c1-14(2)19-13-26(20-24-17-8-3-4-9-18(17)25-20)10-11-27(19)21(28)23-16-7-5-6-15(22)12-16/h3-9,12,14,19H,10-11,13H2,1-2H3,(H,23,28)(H,24,25). The number of carbonyl (C=O) groups is 1. The highest BCUT2D eigenvalue weighted by Crippen LogP contribution is 2.24. The average molecular weight is 381 g/mol. The lowest BCUT2D eigenvalue weighted by atomic mass is 10.00. The number of carbonyl (C=O) groups excluding carboxylic acids is 1. The third kappa shape index (κ3) is 3.65. The van der Waals surface area contributed by atoms with Crippen LogP contribution in [-0.2, 0) is 0 Å². The molecule has 2 amide bonds. The number of hydrogen-bond donors (Lipinski definition) is 2. The van der Waals surface area contributed by atoms with E-state index in [0.717, 1.165) is 17.0 Å². The van der Waals surface area contributed by atoms with Crippen LogP contribution in [0.3, 0.4) is 0 Å². The van der Waals surface area contributed by atoms with Gasteiger partial charge >= 0.3 is 6.03 Å². The van der Waals surface area contributed by atoms with Crippen molar-refractivity contribution >= 4 is 28.7 Å². The second-order valence-corrected chi connectivity index (χ2v) is 7.47. The van der Waals surface area contributed by atoms with Gasteiger partial charge in [0, 0.05) is 25.3 Å². The number of fused-ring (bicyclic) bond motifs is 1. The minimum absolute atomic E-state index is 0.0236. The molecular formula is C21H24FN5O. The predicted molar refractivity (Wildman–Crippen MR) is 109 cm³/mol. The van der Waals surface area contributed by atoms with Crippen LogP contribution in [0.25, 0.3) is 11.0 Å². The first-order valence-corrected chi connectivity index (χ1v) is 9.54. The maximum Gasteiger partial charge on any atom is 0.322 e. The first kappa shape index (κ1) is 18.3. The van der Waals surface area contributed by atoms with Gasteiger partial charge in [-0.15, -0.1) is 0 Å². The van der Waals surface area contributed by atoms with Crippen LogP contribution in [0.4, 0.5) is 20.8 Å². The minimum atomic E-state index is -0.368. The van der Waals surface area contributed by atoms with Crippen LogP contribution in [0.5, 0.6) is 0 Å². The van der Waals surface area contributed by atoms with Crippen LogP contribution >= 0.6 is 0 Å². The molecule has 1 fully saturated rings. The number of H-pyrrole nitrogens is 1. The normalized spacial score (nSPS) is 17.4. The molecule has 3 aromatic rings. The molecule has 7 heteroatoms. The number of anilines is 2. The van der Waals surface area contributed by atoms with Gasteiger partial charge in [-0.1, -0.05) is 32.0 Å². The smallest absolute Gasteiger partial charge is 0.322 e. The molecule has 1 aromatic heterocycles. The van der Waals surface area contributed by atoms with Crippen LogP contribution < -0.4 is 10.2 Å². The summed E-state index contributed by atoms with van der Waals surface area (Å²) in [6.07, 6.45) is 0. The zero-order chi connectivity index (χ0) is 19.7. The van der Waals surface area contributed by atoms with E-state index in [0.29, 0.717) is 25.3 Å². The molecule has 0 radical (unpaired) electrons. The van der Waals surface area contributed by atoms with E-state index in [9.17, 15) is 9.18 Å². The maximum atomic E-state index is 13.4. The average Bonchev–Trinajstić information content (AvgIpc) is 3.11. The molecule has 6 nitrogen and oxygen atoms in total. The Balaban J connectivity index is 1.50. The SMILES string of the molecule is CC(C)C1CN(c2nc3ccccc3[nH]2)CCN1C(=O)Nc1cccc(F)c1. The van der Waals surface area contributed by atoms with Crippen LogP contribution in [0, 0.1) is 11.7 Å². The van der Waals surface area contributed by atoms with Crippen molar-refractivity contribution in [2.45, 2.75) is 19.9 Å². The van der Waals surface area contributed by atoms with Crippen molar-refractivity contribution in [1.29, 1.82) is 0 Å². The van der Waals surface area contributed by atoms with Gasteiger partial charge in [0.25, 0.3) is 0 Å². The van der Waals surface area contributed by atoms with Gasteiger partial charge in [0.15, 0.2) is 0 Å². The van der Waals surface area contributed by atoms with Gasteiger partial charge in [-0.25, -0.2) is 14.2 Å². The summed E-state index contributed by atoms with van der Waals surface area (Å²) < 4.78 is 13.4. The number of hydrogen-bond acceptors (Lipinski definition) is 3. The lowest BCUT2D eigenvalue weighted by Gasteiger charge is -2.43. The molecular weight excluding hydrogens is 357 g/mol. The number of rotatable bonds is 3. The largest absolute Gasteiger partial charge is 0.339 e. The molecule has 1 aliphatic heterocycles. The Hall–Kier alpha value is -3.09. The van der Waals surface area contributed by atoms with Gasteiger partial charge in [-0.3, -0.25) is 0 Å². The first-order valence-electron chi connectivity index (χ1n) is 9.54. The van der Waals surface area contributed by atoms with E-state index in [2.05, 4.69) is 34.0 Å². The van der Waals surface area contributed by atoms with Gasteiger partial charge in [-0.2, -0.15) is 0 Å². The molecule has 0 aliphatic carbocycles. The topological polar surface area (TPSA) is 64.3 Å². The molecule has 4 rings (SSSR count). The molecule has 0 saturated carbocycles. The molecule has 146 valence electrons. The molecule has 1 unspecified atom stereocenters. The maximum absolute atomic E-state index is 13.4. The summed E-state index contributed by atoms with van der Waals surface area (Å²) in [6.45, 7) is 6.15. The Labute approximate surface area is 163 Å². The Morgan fingerprint density at radius 2 is 2.04 bits per heavy atom. The number of urea groups is 1. The van der Waals surface area contributed by atoms with E-state index in [4.69, 9.17) is 0 Å². The van der Waals surface area contributed by atoms with E-state index in [-0.39, 0.29) is 23.8 Å². The number of benzene rings is 2. The van der Waals surface area contributed by atoms with Gasteiger partial charge in [-0.05, 0) is 36.2 Å². The summed E-state index contributed by atoms with van der Waals surface area (Å²) in [5.41, 5.74) is 2.40. The summed E-state index contributed by atoms with van der Waals surface area (Å²) in [5, 5.41) is 2.82. The molecule has 28 heavy (non-hydrogen) atoms. The Morgan fingerprint density at radius 3 is 2.79 bits per heavy atom. The molecule has 1 saturated heterocycles. The van der Waals surface area contributed by atoms with E-state index < -0.39 is 0 Å². The number of halogens is 1. The minimum Gasteiger partial charge on any atom is -0.339 e. The molecule has 0 bridgehead atoms. The highest BCUT2D eigenvalue weighted by molar-refractivity contribution is 5.89. The van der Waals surface area contributed by atoms with Gasteiger partial charge in [0.1, 0.15) is 5.82 Å². The van der Waals surface area contributed by atoms with Crippen molar-refractivity contribution in [3.05, 3.63) is 54.3 Å². The van der Waals surface area contributed by atoms with Crippen LogP contribution in [0.1, 0.15) is 13.8 Å². The second kappa shape index (κ2) is 7.50. The van der Waals surface area contributed by atoms with Crippen molar-refractivity contribution in [1.82, 2.24) is 14.9 Å². The summed E-state index contributed by atoms with van der Waals surface area (Å²) in [6, 6.07) is 13.7. The van der Waals surface area contributed by atoms with Crippen molar-refractivity contribution < 1.29 is 9.18 Å². The van der Waals surface area contributed by atoms with E-state index >= 15 is 0 Å². The quantitative estimate of drug-likeness (QED) is 0.719. The van der Waals surface area contributed by atoms with Gasteiger partial charge < -0.3 is 20.1 Å². The number of imidazole rings is 1. The Morgan fingerprint density at radius 1 is 1.21 bits per heavy atom. The number of piperazine rings is 1. The lowest BCUT2D eigenvalue weighted by molar-refractivity contribution is 0.156. The molecule has 2 N–H and O–H groups in total. The van der Waals surface area contributed by atoms with E-state index in [1.807, 2.05) is 29.2 Å². The number of nitrogens with zero attached hydrogens (tertiary/aromatic N) is 3. The van der Waals surface area contributed by atoms with E-state index in [1.165, 1.54) is 12.1 Å². The van der Waals surface area contributed by atoms with Gasteiger partial charge in [0.2, 0.25) is 5.95 Å². The summed E-state index contributed by atoms with van der Waals surface area (Å²) in [7, 11) is 0. The third-order valence-corrected chi connectivity index (χ3v) is 5.20. The fraction of sp³-hybridized carbons (Fsp3) is 0.333. The van der Waals surface area contributed by atoms with Crippen LogP contribution in [-0.4, -0.2) is 46.6 Å². The zero-order valence-corrected chi connectivity index (χ0v) is 16.0. The first-order chi connectivity index (χ1) is 13.5. The lowest BCUT2D eigenvalue weighted by Crippen LogP contribution is -2.58. The number of aromatic nitrogens is 2. The summed E-state index contributed by atoms with van der Waals surface area (Å²) in [5.74, 6) is 0.732. The van der Waals surface area contributed by atoms with Crippen molar-refractivity contribution in [2.24, 2.45) is 5.92 Å². The summed E-state index contributed by atoms with van der Waals surface area (Å²) >= 11 is 0.